The third-order valence-corrected chi connectivity index (χ3v) is 5.86. The molecule has 0 radical (unpaired) electrons. The van der Waals surface area contributed by atoms with E-state index in [9.17, 15) is 14.0 Å². The summed E-state index contributed by atoms with van der Waals surface area (Å²) in [5.74, 6) is -0.708. The number of anilines is 2. The van der Waals surface area contributed by atoms with Crippen molar-refractivity contribution in [2.24, 2.45) is 0 Å². The summed E-state index contributed by atoms with van der Waals surface area (Å²) in [6.45, 7) is 0.826. The number of hydrogen-bond acceptors (Lipinski definition) is 4. The highest BCUT2D eigenvalue weighted by atomic mass is 19.1. The molecule has 6 nitrogen and oxygen atoms in total. The summed E-state index contributed by atoms with van der Waals surface area (Å²) in [7, 11) is 5.66. The van der Waals surface area contributed by atoms with Gasteiger partial charge in [-0.1, -0.05) is 36.4 Å². The molecule has 3 N–H and O–H groups in total. The number of carbonyl (C=O) groups is 2. The van der Waals surface area contributed by atoms with Crippen molar-refractivity contribution in [3.8, 4) is 0 Å². The number of rotatable bonds is 8. The number of fused-ring (bicyclic) bond motifs is 1. The van der Waals surface area contributed by atoms with Gasteiger partial charge in [-0.15, -0.1) is 0 Å². The molecule has 180 valence electrons. The van der Waals surface area contributed by atoms with E-state index < -0.39 is 5.82 Å². The zero-order valence-electron chi connectivity index (χ0n) is 20.1. The zero-order valence-corrected chi connectivity index (χ0v) is 20.1. The van der Waals surface area contributed by atoms with Crippen LogP contribution in [0, 0.1) is 5.82 Å². The molecule has 3 aromatic carbocycles. The summed E-state index contributed by atoms with van der Waals surface area (Å²) in [4.78, 5) is 26.7. The SMILES string of the molecule is CNC(=O)CCc1ccc(C(Nc2ccc(CN(C)C)cc2)=C2C(=O)Nc3cc(F)ccc32)cc1. The van der Waals surface area contributed by atoms with Gasteiger partial charge >= 0.3 is 0 Å². The molecule has 1 aliphatic rings. The van der Waals surface area contributed by atoms with Crippen LogP contribution in [0.5, 0.6) is 0 Å². The molecule has 1 aliphatic heterocycles. The zero-order chi connectivity index (χ0) is 24.9. The lowest BCUT2D eigenvalue weighted by atomic mass is 9.98. The first-order valence-electron chi connectivity index (χ1n) is 11.5. The highest BCUT2D eigenvalue weighted by molar-refractivity contribution is 6.37. The molecule has 0 saturated heterocycles. The van der Waals surface area contributed by atoms with E-state index >= 15 is 0 Å². The molecule has 1 heterocycles. The van der Waals surface area contributed by atoms with Gasteiger partial charge in [0.2, 0.25) is 5.91 Å². The molecule has 35 heavy (non-hydrogen) atoms. The predicted octanol–water partition coefficient (Wildman–Crippen LogP) is 4.50. The van der Waals surface area contributed by atoms with Crippen LogP contribution >= 0.6 is 0 Å². The lowest BCUT2D eigenvalue weighted by Crippen LogP contribution is -2.17. The van der Waals surface area contributed by atoms with Gasteiger partial charge in [-0.3, -0.25) is 9.59 Å². The van der Waals surface area contributed by atoms with Crippen molar-refractivity contribution in [1.82, 2.24) is 10.2 Å². The fourth-order valence-corrected chi connectivity index (χ4v) is 4.10. The number of benzene rings is 3. The van der Waals surface area contributed by atoms with E-state index in [4.69, 9.17) is 0 Å². The molecule has 3 aromatic rings. The van der Waals surface area contributed by atoms with Crippen LogP contribution in [-0.4, -0.2) is 37.9 Å². The smallest absolute Gasteiger partial charge is 0.258 e. The highest BCUT2D eigenvalue weighted by Crippen LogP contribution is 2.38. The van der Waals surface area contributed by atoms with Crippen molar-refractivity contribution < 1.29 is 14.0 Å². The lowest BCUT2D eigenvalue weighted by Gasteiger charge is -2.16. The van der Waals surface area contributed by atoms with Crippen LogP contribution in [-0.2, 0) is 22.6 Å². The summed E-state index contributed by atoms with van der Waals surface area (Å²) < 4.78 is 13.8. The third-order valence-electron chi connectivity index (χ3n) is 5.86. The van der Waals surface area contributed by atoms with E-state index in [0.29, 0.717) is 35.4 Å². The van der Waals surface area contributed by atoms with Crippen molar-refractivity contribution in [3.63, 3.8) is 0 Å². The first kappa shape index (κ1) is 24.2. The van der Waals surface area contributed by atoms with Crippen LogP contribution in [0.3, 0.4) is 0 Å². The molecule has 2 amide bonds. The minimum atomic E-state index is -0.406. The largest absolute Gasteiger partial charge is 0.359 e. The van der Waals surface area contributed by atoms with E-state index in [0.717, 1.165) is 23.4 Å². The monoisotopic (exact) mass is 472 g/mol. The molecule has 0 aliphatic carbocycles. The maximum atomic E-state index is 13.8. The fourth-order valence-electron chi connectivity index (χ4n) is 4.10. The van der Waals surface area contributed by atoms with Crippen LogP contribution in [0.15, 0.2) is 66.7 Å². The minimum Gasteiger partial charge on any atom is -0.359 e. The Kier molecular flexibility index (Phi) is 7.27. The van der Waals surface area contributed by atoms with Crippen molar-refractivity contribution in [2.75, 3.05) is 31.8 Å². The number of hydrogen-bond donors (Lipinski definition) is 3. The molecule has 0 bridgehead atoms. The minimum absolute atomic E-state index is 0.0114. The number of nitrogens with one attached hydrogen (secondary N) is 3. The summed E-state index contributed by atoms with van der Waals surface area (Å²) in [5, 5.41) is 8.84. The van der Waals surface area contributed by atoms with Gasteiger partial charge in [-0.2, -0.15) is 0 Å². The number of carbonyl (C=O) groups excluding carboxylic acids is 2. The fraction of sp³-hybridized carbons (Fsp3) is 0.214. The summed E-state index contributed by atoms with van der Waals surface area (Å²) in [6, 6.07) is 20.1. The Hall–Kier alpha value is -3.97. The maximum absolute atomic E-state index is 13.8. The van der Waals surface area contributed by atoms with Crippen LogP contribution < -0.4 is 16.0 Å². The Bertz CT molecular complexity index is 1270. The number of halogens is 1. The molecule has 0 spiro atoms. The van der Waals surface area contributed by atoms with Crippen LogP contribution in [0.4, 0.5) is 15.8 Å². The quantitative estimate of drug-likeness (QED) is 0.422. The molecule has 0 unspecified atom stereocenters. The van der Waals surface area contributed by atoms with E-state index in [1.54, 1.807) is 13.1 Å². The Balaban J connectivity index is 1.72. The Labute approximate surface area is 204 Å². The van der Waals surface area contributed by atoms with E-state index in [2.05, 4.69) is 20.9 Å². The van der Waals surface area contributed by atoms with Crippen LogP contribution in [0.1, 0.15) is 28.7 Å². The topological polar surface area (TPSA) is 73.5 Å². The third kappa shape index (κ3) is 5.75. The molecule has 7 heteroatoms. The van der Waals surface area contributed by atoms with E-state index in [1.807, 2.05) is 62.6 Å². The predicted molar refractivity (Wildman–Crippen MR) is 138 cm³/mol. The normalized spacial score (nSPS) is 13.9. The van der Waals surface area contributed by atoms with Crippen LogP contribution in [0.2, 0.25) is 0 Å². The van der Waals surface area contributed by atoms with Gasteiger partial charge in [0.05, 0.1) is 17.0 Å². The van der Waals surface area contributed by atoms with Gasteiger partial charge in [0.15, 0.2) is 0 Å². The number of amides is 2. The standard InChI is InChI=1S/C28H29FN4O2/c1-30-25(34)15-8-18-4-9-20(10-5-18)27(31-22-12-6-19(7-13-22)17-33(2)3)26-23-14-11-21(29)16-24(23)32-28(26)35/h4-7,9-14,16,31H,8,15,17H2,1-3H3,(H,30,34)(H,32,35). The van der Waals surface area contributed by atoms with Crippen LogP contribution in [0.25, 0.3) is 11.3 Å². The van der Waals surface area contributed by atoms with Gasteiger partial charge < -0.3 is 20.9 Å². The first-order chi connectivity index (χ1) is 16.8. The maximum Gasteiger partial charge on any atom is 0.258 e. The average molecular weight is 473 g/mol. The Morgan fingerprint density at radius 1 is 0.971 bits per heavy atom. The summed E-state index contributed by atoms with van der Waals surface area (Å²) in [5.41, 5.74) is 6.03. The highest BCUT2D eigenvalue weighted by Gasteiger charge is 2.28. The van der Waals surface area contributed by atoms with Crippen molar-refractivity contribution in [1.29, 1.82) is 0 Å². The molecular formula is C28H29FN4O2. The number of aryl methyl sites for hydroxylation is 1. The van der Waals surface area contributed by atoms with Gasteiger partial charge in [0.1, 0.15) is 5.82 Å². The second-order valence-corrected chi connectivity index (χ2v) is 8.82. The average Bonchev–Trinajstić information content (AvgIpc) is 3.16. The van der Waals surface area contributed by atoms with Gasteiger partial charge in [0.25, 0.3) is 5.91 Å². The summed E-state index contributed by atoms with van der Waals surface area (Å²) >= 11 is 0. The van der Waals surface area contributed by atoms with Gasteiger partial charge in [-0.25, -0.2) is 4.39 Å². The molecule has 0 atom stereocenters. The number of nitrogens with zero attached hydrogens (tertiary/aromatic N) is 1. The first-order valence-corrected chi connectivity index (χ1v) is 11.5. The molecule has 0 fully saturated rings. The van der Waals surface area contributed by atoms with Gasteiger partial charge in [-0.05, 0) is 67.5 Å². The second-order valence-electron chi connectivity index (χ2n) is 8.82. The molecule has 4 rings (SSSR count). The van der Waals surface area contributed by atoms with E-state index in [-0.39, 0.29) is 11.8 Å². The van der Waals surface area contributed by atoms with Crippen molar-refractivity contribution in [2.45, 2.75) is 19.4 Å². The van der Waals surface area contributed by atoms with Crippen molar-refractivity contribution >= 4 is 34.5 Å². The Morgan fingerprint density at radius 3 is 2.31 bits per heavy atom. The molecule has 0 aromatic heterocycles. The second kappa shape index (κ2) is 10.5. The molecular weight excluding hydrogens is 443 g/mol. The van der Waals surface area contributed by atoms with Crippen molar-refractivity contribution in [3.05, 3.63) is 94.8 Å². The van der Waals surface area contributed by atoms with E-state index in [1.165, 1.54) is 17.7 Å². The molecule has 0 saturated carbocycles. The Morgan fingerprint density at radius 2 is 1.66 bits per heavy atom. The lowest BCUT2D eigenvalue weighted by molar-refractivity contribution is -0.120. The van der Waals surface area contributed by atoms with Gasteiger partial charge in [0, 0.05) is 31.3 Å². The summed E-state index contributed by atoms with van der Waals surface area (Å²) in [6.07, 6.45) is 1.03.